The van der Waals surface area contributed by atoms with Crippen molar-refractivity contribution in [2.75, 3.05) is 4.90 Å². The lowest BCUT2D eigenvalue weighted by molar-refractivity contribution is 0.727. The van der Waals surface area contributed by atoms with E-state index in [-0.39, 0.29) is 0 Å². The van der Waals surface area contributed by atoms with Gasteiger partial charge in [0.15, 0.2) is 0 Å². The second-order valence-electron chi connectivity index (χ2n) is 10.5. The average Bonchev–Trinajstić information content (AvgIpc) is 3.47. The normalized spacial score (nSPS) is 19.8. The van der Waals surface area contributed by atoms with Gasteiger partial charge in [-0.25, -0.2) is 0 Å². The van der Waals surface area contributed by atoms with Gasteiger partial charge in [-0.3, -0.25) is 0 Å². The molecule has 0 saturated heterocycles. The first kappa shape index (κ1) is 21.4. The van der Waals surface area contributed by atoms with E-state index in [4.69, 9.17) is 0 Å². The summed E-state index contributed by atoms with van der Waals surface area (Å²) in [7, 11) is 0. The summed E-state index contributed by atoms with van der Waals surface area (Å²) in [6, 6.07) is 34.3. The molecule has 0 amide bonds. The summed E-state index contributed by atoms with van der Waals surface area (Å²) in [5.74, 6) is 0.908. The third-order valence-electron chi connectivity index (χ3n) is 8.51. The zero-order chi connectivity index (χ0) is 24.2. The molecule has 1 heterocycles. The monoisotopic (exact) mass is 465 g/mol. The van der Waals surface area contributed by atoms with Crippen LogP contribution in [-0.4, -0.2) is 6.04 Å². The summed E-state index contributed by atoms with van der Waals surface area (Å²) in [5.41, 5.74) is 13.8. The summed E-state index contributed by atoms with van der Waals surface area (Å²) >= 11 is 0. The van der Waals surface area contributed by atoms with Gasteiger partial charge in [0.2, 0.25) is 0 Å². The first-order valence-corrected chi connectivity index (χ1v) is 13.3. The third-order valence-corrected chi connectivity index (χ3v) is 8.51. The van der Waals surface area contributed by atoms with Crippen molar-refractivity contribution in [2.45, 2.75) is 44.6 Å². The van der Waals surface area contributed by atoms with Crippen LogP contribution in [0.2, 0.25) is 0 Å². The fourth-order valence-electron chi connectivity index (χ4n) is 6.36. The quantitative estimate of drug-likeness (QED) is 0.256. The molecular weight excluding hydrogens is 434 g/mol. The molecule has 1 heteroatoms. The van der Waals surface area contributed by atoms with E-state index in [0.29, 0.717) is 17.9 Å². The molecule has 0 fully saturated rings. The molecule has 36 heavy (non-hydrogen) atoms. The smallest absolute Gasteiger partial charge is 0.0630 e. The van der Waals surface area contributed by atoms with Crippen LogP contribution in [0.4, 0.5) is 11.4 Å². The summed E-state index contributed by atoms with van der Waals surface area (Å²) in [4.78, 5) is 2.55. The number of para-hydroxylation sites is 1. The second kappa shape index (κ2) is 8.38. The zero-order valence-electron chi connectivity index (χ0n) is 21.0. The third kappa shape index (κ3) is 3.30. The van der Waals surface area contributed by atoms with Crippen molar-refractivity contribution in [3.05, 3.63) is 137 Å². The number of rotatable bonds is 4. The van der Waals surface area contributed by atoms with Crippen LogP contribution in [0.3, 0.4) is 0 Å². The van der Waals surface area contributed by atoms with Crippen LogP contribution < -0.4 is 4.90 Å². The first-order chi connectivity index (χ1) is 17.7. The number of hydrogen-bond donors (Lipinski definition) is 0. The Labute approximate surface area is 214 Å². The molecule has 3 aliphatic rings. The van der Waals surface area contributed by atoms with Crippen molar-refractivity contribution < 1.29 is 0 Å². The van der Waals surface area contributed by atoms with Crippen molar-refractivity contribution >= 4 is 16.9 Å². The highest BCUT2D eigenvalue weighted by Gasteiger charge is 2.38. The predicted octanol–water partition coefficient (Wildman–Crippen LogP) is 9.03. The van der Waals surface area contributed by atoms with Crippen LogP contribution in [0, 0.1) is 0 Å². The molecule has 0 N–H and O–H groups in total. The number of benzene rings is 4. The van der Waals surface area contributed by atoms with Crippen LogP contribution in [-0.2, 0) is 6.42 Å². The molecule has 4 aromatic carbocycles. The Hall–Kier alpha value is -3.84. The van der Waals surface area contributed by atoms with Crippen molar-refractivity contribution in [1.29, 1.82) is 0 Å². The predicted molar refractivity (Wildman–Crippen MR) is 152 cm³/mol. The number of fused-ring (bicyclic) bond motifs is 6. The van der Waals surface area contributed by atoms with Gasteiger partial charge >= 0.3 is 0 Å². The second-order valence-corrected chi connectivity index (χ2v) is 10.5. The van der Waals surface area contributed by atoms with E-state index in [1.165, 1.54) is 55.9 Å². The fourth-order valence-corrected chi connectivity index (χ4v) is 6.36. The molecule has 4 aromatic rings. The van der Waals surface area contributed by atoms with Gasteiger partial charge in [0, 0.05) is 17.3 Å². The van der Waals surface area contributed by atoms with Gasteiger partial charge < -0.3 is 4.90 Å². The number of nitrogens with zero attached hydrogens (tertiary/aromatic N) is 1. The molecule has 1 aliphatic heterocycles. The molecule has 176 valence electrons. The summed E-state index contributed by atoms with van der Waals surface area (Å²) in [6.07, 6.45) is 9.48. The van der Waals surface area contributed by atoms with E-state index in [1.54, 1.807) is 0 Å². The molecule has 0 aromatic heterocycles. The molecule has 0 bridgehead atoms. The highest BCUT2D eigenvalue weighted by Crippen LogP contribution is 2.49. The first-order valence-electron chi connectivity index (χ1n) is 13.3. The lowest BCUT2D eigenvalue weighted by Crippen LogP contribution is -2.29. The lowest BCUT2D eigenvalue weighted by Gasteiger charge is -2.30. The topological polar surface area (TPSA) is 3.24 Å². The van der Waals surface area contributed by atoms with Gasteiger partial charge in [-0.1, -0.05) is 98.8 Å². The standard InChI is InChI=1S/C35H31N/c1-3-23(2)24-10-8-11-29(20-24)36-34-14-7-6-13-31(34)33-22-26(17-18-35(33)36)25-15-16-28-19-27-9-4-5-12-30(27)32(28)21-25/h4-18,20-23,33,35H,3,19H2,1-2H3. The lowest BCUT2D eigenvalue weighted by atomic mass is 9.85. The van der Waals surface area contributed by atoms with Crippen LogP contribution in [0.15, 0.2) is 109 Å². The Morgan fingerprint density at radius 1 is 0.833 bits per heavy atom. The maximum Gasteiger partial charge on any atom is 0.0630 e. The molecule has 3 unspecified atom stereocenters. The Bertz CT molecular complexity index is 1540. The van der Waals surface area contributed by atoms with Crippen molar-refractivity contribution in [3.8, 4) is 11.1 Å². The van der Waals surface area contributed by atoms with E-state index in [1.807, 2.05) is 0 Å². The minimum Gasteiger partial charge on any atom is -0.333 e. The van der Waals surface area contributed by atoms with Gasteiger partial charge in [0.25, 0.3) is 0 Å². The summed E-state index contributed by atoms with van der Waals surface area (Å²) < 4.78 is 0. The molecule has 7 rings (SSSR count). The number of anilines is 2. The Kier molecular flexibility index (Phi) is 4.99. The highest BCUT2D eigenvalue weighted by molar-refractivity contribution is 5.86. The van der Waals surface area contributed by atoms with Crippen LogP contribution >= 0.6 is 0 Å². The maximum atomic E-state index is 2.55. The van der Waals surface area contributed by atoms with E-state index in [9.17, 15) is 0 Å². The molecule has 0 saturated carbocycles. The summed E-state index contributed by atoms with van der Waals surface area (Å²) in [6.45, 7) is 4.59. The Balaban J connectivity index is 1.28. The minimum absolute atomic E-state index is 0.300. The largest absolute Gasteiger partial charge is 0.333 e. The van der Waals surface area contributed by atoms with E-state index in [0.717, 1.165) is 12.8 Å². The molecule has 1 nitrogen and oxygen atoms in total. The maximum absolute atomic E-state index is 2.55. The SMILES string of the molecule is CCC(C)c1cccc(N2c3ccccc3C3C=C(c4ccc5c(c4)-c4ccccc4C5)C=CC32)c1. The Morgan fingerprint density at radius 3 is 2.58 bits per heavy atom. The molecule has 2 aliphatic carbocycles. The van der Waals surface area contributed by atoms with E-state index < -0.39 is 0 Å². The number of hydrogen-bond acceptors (Lipinski definition) is 1. The van der Waals surface area contributed by atoms with Crippen molar-refractivity contribution in [2.24, 2.45) is 0 Å². The van der Waals surface area contributed by atoms with Crippen LogP contribution in [0.25, 0.3) is 16.7 Å². The molecule has 0 radical (unpaired) electrons. The Morgan fingerprint density at radius 2 is 1.67 bits per heavy atom. The van der Waals surface area contributed by atoms with Crippen molar-refractivity contribution in [1.82, 2.24) is 0 Å². The van der Waals surface area contributed by atoms with Gasteiger partial charge in [-0.2, -0.15) is 0 Å². The molecular formula is C35H31N. The molecule has 0 spiro atoms. The molecule has 3 atom stereocenters. The van der Waals surface area contributed by atoms with Crippen LogP contribution in [0.1, 0.15) is 59.9 Å². The van der Waals surface area contributed by atoms with E-state index in [2.05, 4.69) is 128 Å². The van der Waals surface area contributed by atoms with Crippen molar-refractivity contribution in [3.63, 3.8) is 0 Å². The van der Waals surface area contributed by atoms with Gasteiger partial charge in [-0.15, -0.1) is 0 Å². The van der Waals surface area contributed by atoms with Gasteiger partial charge in [-0.05, 0) is 87.5 Å². The minimum atomic E-state index is 0.300. The number of allylic oxidation sites excluding steroid dienone is 2. The van der Waals surface area contributed by atoms with E-state index >= 15 is 0 Å². The van der Waals surface area contributed by atoms with Gasteiger partial charge in [0.1, 0.15) is 0 Å². The highest BCUT2D eigenvalue weighted by atomic mass is 15.2. The summed E-state index contributed by atoms with van der Waals surface area (Å²) in [5, 5.41) is 0. The fraction of sp³-hybridized carbons (Fsp3) is 0.200. The van der Waals surface area contributed by atoms with Gasteiger partial charge in [0.05, 0.1) is 6.04 Å². The van der Waals surface area contributed by atoms with Crippen LogP contribution in [0.5, 0.6) is 0 Å². The zero-order valence-corrected chi connectivity index (χ0v) is 21.0. The average molecular weight is 466 g/mol.